The average Bonchev–Trinajstić information content (AvgIpc) is 3.41. The Bertz CT molecular complexity index is 1620. The van der Waals surface area contributed by atoms with E-state index in [0.29, 0.717) is 41.8 Å². The lowest BCUT2D eigenvalue weighted by Gasteiger charge is -2.33. The third-order valence-electron chi connectivity index (χ3n) is 7.55. The van der Waals surface area contributed by atoms with Gasteiger partial charge in [-0.3, -0.25) is 4.72 Å². The van der Waals surface area contributed by atoms with Crippen LogP contribution in [0.25, 0.3) is 16.8 Å². The lowest BCUT2D eigenvalue weighted by Crippen LogP contribution is -2.39. The van der Waals surface area contributed by atoms with Crippen molar-refractivity contribution in [2.45, 2.75) is 38.2 Å². The van der Waals surface area contributed by atoms with Gasteiger partial charge < -0.3 is 25.2 Å². The standard InChI is InChI=1S/C30H38N6O5S/c1-3-16-42(39,40)34-26-7-5-4-6-25(26)28-11-9-23-18-31-30(33-36(23)28)32-27-10-8-22(17-29(27)41-2)21-12-14-35(15-13-21)19-24(38)20-37/h4-11,17-18,21,24,34,37-38H,3,12-16,19-20H2,1-2H3,(H,32,33). The molecule has 0 aliphatic carbocycles. The van der Waals surface area contributed by atoms with E-state index in [1.165, 1.54) is 5.56 Å². The maximum atomic E-state index is 12.5. The summed E-state index contributed by atoms with van der Waals surface area (Å²) in [5, 5.41) is 26.9. The molecule has 0 amide bonds. The van der Waals surface area contributed by atoms with Crippen LogP contribution in [0.1, 0.15) is 37.7 Å². The summed E-state index contributed by atoms with van der Waals surface area (Å²) < 4.78 is 35.2. The highest BCUT2D eigenvalue weighted by molar-refractivity contribution is 7.92. The van der Waals surface area contributed by atoms with E-state index in [1.807, 2.05) is 43.3 Å². The van der Waals surface area contributed by atoms with Crippen LogP contribution in [0.2, 0.25) is 0 Å². The quantitative estimate of drug-likeness (QED) is 0.193. The molecule has 4 N–H and O–H groups in total. The van der Waals surface area contributed by atoms with Crippen molar-refractivity contribution in [3.05, 3.63) is 66.4 Å². The van der Waals surface area contributed by atoms with Crippen molar-refractivity contribution in [2.75, 3.05) is 49.1 Å². The number of ether oxygens (including phenoxy) is 1. The van der Waals surface area contributed by atoms with Gasteiger partial charge in [-0.15, -0.1) is 5.10 Å². The predicted molar refractivity (Wildman–Crippen MR) is 164 cm³/mol. The average molecular weight is 595 g/mol. The monoisotopic (exact) mass is 594 g/mol. The van der Waals surface area contributed by atoms with Crippen LogP contribution >= 0.6 is 0 Å². The highest BCUT2D eigenvalue weighted by Gasteiger charge is 2.23. The summed E-state index contributed by atoms with van der Waals surface area (Å²) in [5.41, 5.74) is 4.61. The summed E-state index contributed by atoms with van der Waals surface area (Å²) in [4.78, 5) is 6.67. The number of nitrogens with one attached hydrogen (secondary N) is 2. The van der Waals surface area contributed by atoms with Crippen LogP contribution < -0.4 is 14.8 Å². The number of aliphatic hydroxyl groups is 2. The van der Waals surface area contributed by atoms with Crippen LogP contribution in [0.3, 0.4) is 0 Å². The highest BCUT2D eigenvalue weighted by Crippen LogP contribution is 2.35. The smallest absolute Gasteiger partial charge is 0.245 e. The molecule has 4 aromatic rings. The first-order chi connectivity index (χ1) is 20.3. The van der Waals surface area contributed by atoms with Crippen molar-refractivity contribution in [3.8, 4) is 17.0 Å². The Morgan fingerprint density at radius 1 is 1.10 bits per heavy atom. The van der Waals surface area contributed by atoms with Gasteiger partial charge in [0.05, 0.1) is 54.4 Å². The Labute approximate surface area is 246 Å². The van der Waals surface area contributed by atoms with E-state index >= 15 is 0 Å². The fourth-order valence-electron chi connectivity index (χ4n) is 5.44. The van der Waals surface area contributed by atoms with E-state index < -0.39 is 16.1 Å². The van der Waals surface area contributed by atoms with Gasteiger partial charge >= 0.3 is 0 Å². The zero-order valence-corrected chi connectivity index (χ0v) is 24.7. The number of aromatic nitrogens is 3. The second kappa shape index (κ2) is 13.1. The SMILES string of the molecule is CCCS(=O)(=O)Nc1ccccc1-c1ccc2cnc(Nc3ccc(C4CCN(CC(O)CO)CC4)cc3OC)nn12. The summed E-state index contributed by atoms with van der Waals surface area (Å²) in [6.45, 7) is 3.82. The fourth-order valence-corrected chi connectivity index (χ4v) is 6.59. The minimum Gasteiger partial charge on any atom is -0.495 e. The molecule has 1 fully saturated rings. The first-order valence-corrected chi connectivity index (χ1v) is 15.9. The third-order valence-corrected chi connectivity index (χ3v) is 9.03. The molecular formula is C30H38N6O5S. The number of nitrogens with zero attached hydrogens (tertiary/aromatic N) is 4. The summed E-state index contributed by atoms with van der Waals surface area (Å²) >= 11 is 0. The number of hydrogen-bond acceptors (Lipinski definition) is 9. The largest absolute Gasteiger partial charge is 0.495 e. The summed E-state index contributed by atoms with van der Waals surface area (Å²) in [5.74, 6) is 1.46. The molecule has 2 aromatic heterocycles. The number of para-hydroxylation sites is 1. The number of sulfonamides is 1. The van der Waals surface area contributed by atoms with Crippen molar-refractivity contribution >= 4 is 32.9 Å². The first kappa shape index (κ1) is 29.8. The van der Waals surface area contributed by atoms with E-state index in [1.54, 1.807) is 30.0 Å². The van der Waals surface area contributed by atoms with Crippen molar-refractivity contribution < 1.29 is 23.4 Å². The molecule has 3 heterocycles. The molecule has 2 aromatic carbocycles. The van der Waals surface area contributed by atoms with Crippen LogP contribution in [0.4, 0.5) is 17.3 Å². The zero-order chi connectivity index (χ0) is 29.7. The normalized spacial score (nSPS) is 15.5. The molecule has 224 valence electrons. The third kappa shape index (κ3) is 6.84. The molecule has 0 bridgehead atoms. The van der Waals surface area contributed by atoms with E-state index in [0.717, 1.165) is 42.8 Å². The molecule has 1 aliphatic rings. The van der Waals surface area contributed by atoms with Crippen LogP contribution in [0.5, 0.6) is 5.75 Å². The van der Waals surface area contributed by atoms with Gasteiger partial charge in [-0.25, -0.2) is 17.9 Å². The Morgan fingerprint density at radius 2 is 1.88 bits per heavy atom. The van der Waals surface area contributed by atoms with Gasteiger partial charge in [-0.1, -0.05) is 31.2 Å². The van der Waals surface area contributed by atoms with Crippen LogP contribution in [0.15, 0.2) is 60.8 Å². The molecule has 11 nitrogen and oxygen atoms in total. The lowest BCUT2D eigenvalue weighted by atomic mass is 9.89. The molecule has 42 heavy (non-hydrogen) atoms. The molecular weight excluding hydrogens is 556 g/mol. The Kier molecular flexibility index (Phi) is 9.27. The Hall–Kier alpha value is -3.71. The van der Waals surface area contributed by atoms with Gasteiger partial charge in [0, 0.05) is 12.1 Å². The number of methoxy groups -OCH3 is 1. The number of benzene rings is 2. The molecule has 12 heteroatoms. The highest BCUT2D eigenvalue weighted by atomic mass is 32.2. The number of fused-ring (bicyclic) bond motifs is 1. The summed E-state index contributed by atoms with van der Waals surface area (Å²) in [6.07, 6.45) is 3.45. The fraction of sp³-hybridized carbons (Fsp3) is 0.400. The number of hydrogen-bond donors (Lipinski definition) is 4. The van der Waals surface area contributed by atoms with Crippen LogP contribution in [-0.2, 0) is 10.0 Å². The second-order valence-electron chi connectivity index (χ2n) is 10.6. The van der Waals surface area contributed by atoms with Crippen molar-refractivity contribution in [1.82, 2.24) is 19.5 Å². The molecule has 0 radical (unpaired) electrons. The van der Waals surface area contributed by atoms with Gasteiger partial charge in [0.15, 0.2) is 0 Å². The van der Waals surface area contributed by atoms with Gasteiger partial charge in [0.2, 0.25) is 16.0 Å². The van der Waals surface area contributed by atoms with Crippen molar-refractivity contribution in [3.63, 3.8) is 0 Å². The van der Waals surface area contributed by atoms with Gasteiger partial charge in [-0.2, -0.15) is 0 Å². The minimum atomic E-state index is -3.47. The topological polar surface area (TPSA) is 141 Å². The predicted octanol–water partition coefficient (Wildman–Crippen LogP) is 3.83. The van der Waals surface area contributed by atoms with Gasteiger partial charge in [0.1, 0.15) is 5.75 Å². The minimum absolute atomic E-state index is 0.0427. The molecule has 1 unspecified atom stereocenters. The number of aliphatic hydroxyl groups excluding tert-OH is 2. The number of likely N-dealkylation sites (tertiary alicyclic amines) is 1. The lowest BCUT2D eigenvalue weighted by molar-refractivity contribution is 0.0513. The Balaban J connectivity index is 1.36. The number of anilines is 3. The molecule has 1 aliphatic heterocycles. The molecule has 1 saturated heterocycles. The second-order valence-corrected chi connectivity index (χ2v) is 12.4. The van der Waals surface area contributed by atoms with Gasteiger partial charge in [0.25, 0.3) is 0 Å². The summed E-state index contributed by atoms with van der Waals surface area (Å²) in [7, 11) is -1.84. The summed E-state index contributed by atoms with van der Waals surface area (Å²) in [6, 6.07) is 17.2. The van der Waals surface area contributed by atoms with Crippen LogP contribution in [0, 0.1) is 0 Å². The molecule has 0 spiro atoms. The number of piperidine rings is 1. The molecule has 1 atom stereocenters. The van der Waals surface area contributed by atoms with Crippen molar-refractivity contribution in [2.24, 2.45) is 0 Å². The van der Waals surface area contributed by atoms with E-state index in [4.69, 9.17) is 14.9 Å². The molecule has 0 saturated carbocycles. The first-order valence-electron chi connectivity index (χ1n) is 14.2. The Morgan fingerprint density at radius 3 is 2.62 bits per heavy atom. The molecule has 5 rings (SSSR count). The van der Waals surface area contributed by atoms with Crippen molar-refractivity contribution in [1.29, 1.82) is 0 Å². The number of rotatable bonds is 12. The van der Waals surface area contributed by atoms with E-state index in [9.17, 15) is 13.5 Å². The maximum Gasteiger partial charge on any atom is 0.245 e. The van der Waals surface area contributed by atoms with Gasteiger partial charge in [-0.05, 0) is 74.2 Å². The van der Waals surface area contributed by atoms with E-state index in [2.05, 4.69) is 26.0 Å². The van der Waals surface area contributed by atoms with Crippen LogP contribution in [-0.4, -0.2) is 83.3 Å². The van der Waals surface area contributed by atoms with E-state index in [-0.39, 0.29) is 12.4 Å². The number of β-amino-alcohol motifs (C(OH)–C–C–N with tert-alkyl or cyclic N) is 1. The zero-order valence-electron chi connectivity index (χ0n) is 23.9. The maximum absolute atomic E-state index is 12.5.